The van der Waals surface area contributed by atoms with Crippen molar-refractivity contribution in [3.8, 4) is 0 Å². The molecule has 10 nitrogen and oxygen atoms in total. The number of aromatic nitrogens is 4. The van der Waals surface area contributed by atoms with Crippen LogP contribution in [0.1, 0.15) is 26.0 Å². The van der Waals surface area contributed by atoms with Crippen LogP contribution in [0.25, 0.3) is 11.2 Å². The van der Waals surface area contributed by atoms with E-state index in [1.807, 2.05) is 0 Å². The van der Waals surface area contributed by atoms with E-state index in [-0.39, 0.29) is 5.82 Å². The maximum Gasteiger partial charge on any atom is 0.210 e. The second kappa shape index (κ2) is 6.62. The van der Waals surface area contributed by atoms with Gasteiger partial charge < -0.3 is 30.7 Å². The van der Waals surface area contributed by atoms with Crippen LogP contribution < -0.4 is 10.6 Å². The number of fused-ring (bicyclic) bond motifs is 1. The molecule has 0 radical (unpaired) electrons. The minimum Gasteiger partial charge on any atom is -0.394 e. The molecule has 2 aromatic heterocycles. The van der Waals surface area contributed by atoms with E-state index >= 15 is 0 Å². The van der Waals surface area contributed by atoms with Gasteiger partial charge in [-0.2, -0.15) is 0 Å². The van der Waals surface area contributed by atoms with Gasteiger partial charge in [-0.1, -0.05) is 6.92 Å². The molecule has 0 bridgehead atoms. The average Bonchev–Trinajstić information content (AvgIpc) is 3.15. The summed E-state index contributed by atoms with van der Waals surface area (Å²) in [5.74, 6) is 1.46. The van der Waals surface area contributed by atoms with E-state index in [0.717, 1.165) is 25.9 Å². The van der Waals surface area contributed by atoms with Gasteiger partial charge in [0.25, 0.3) is 0 Å². The third kappa shape index (κ3) is 2.69. The number of aliphatic hydroxyl groups excluding tert-OH is 3. The number of hydrogen-bond acceptors (Lipinski definition) is 9. The Morgan fingerprint density at radius 1 is 1.23 bits per heavy atom. The topological polar surface area (TPSA) is 143 Å². The molecule has 142 valence electrons. The van der Waals surface area contributed by atoms with Crippen LogP contribution in [0.5, 0.6) is 0 Å². The minimum atomic E-state index is -1.22. The minimum absolute atomic E-state index is 0.243. The predicted molar refractivity (Wildman–Crippen MR) is 93.4 cm³/mol. The normalized spacial score (nSPS) is 30.4. The zero-order chi connectivity index (χ0) is 18.4. The monoisotopic (exact) mass is 364 g/mol. The van der Waals surface area contributed by atoms with Gasteiger partial charge in [0.15, 0.2) is 23.2 Å². The van der Waals surface area contributed by atoms with Gasteiger partial charge in [0.05, 0.1) is 6.61 Å². The SMILES string of the molecule is CC1CCN(c2nc3c(N)ncnc3n2[C@@H]2O[C@H](CO)[C@@H](O)[C@H]2O)CC1. The molecule has 26 heavy (non-hydrogen) atoms. The van der Waals surface area contributed by atoms with Crippen molar-refractivity contribution >= 4 is 22.9 Å². The van der Waals surface area contributed by atoms with Crippen LogP contribution in [0.3, 0.4) is 0 Å². The summed E-state index contributed by atoms with van der Waals surface area (Å²) in [6.45, 7) is 3.45. The van der Waals surface area contributed by atoms with E-state index in [4.69, 9.17) is 10.5 Å². The summed E-state index contributed by atoms with van der Waals surface area (Å²) in [7, 11) is 0. The quantitative estimate of drug-likeness (QED) is 0.553. The number of nitrogens with two attached hydrogens (primary N) is 1. The summed E-state index contributed by atoms with van der Waals surface area (Å²) in [5, 5.41) is 30.0. The number of ether oxygens (including phenoxy) is 1. The van der Waals surface area contributed by atoms with Gasteiger partial charge in [-0.25, -0.2) is 15.0 Å². The number of rotatable bonds is 3. The highest BCUT2D eigenvalue weighted by Gasteiger charge is 2.45. The molecule has 2 aliphatic heterocycles. The lowest BCUT2D eigenvalue weighted by atomic mass is 10.00. The molecule has 0 saturated carbocycles. The number of nitrogen functional groups attached to an aromatic ring is 1. The fraction of sp³-hybridized carbons (Fsp3) is 0.688. The van der Waals surface area contributed by atoms with Crippen LogP contribution in [0, 0.1) is 5.92 Å². The molecule has 4 rings (SSSR count). The molecule has 0 spiro atoms. The van der Waals surface area contributed by atoms with Crippen LogP contribution in [0.4, 0.5) is 11.8 Å². The number of nitrogens with zero attached hydrogens (tertiary/aromatic N) is 5. The predicted octanol–water partition coefficient (Wildman–Crippen LogP) is -0.744. The van der Waals surface area contributed by atoms with Crippen molar-refractivity contribution in [3.63, 3.8) is 0 Å². The van der Waals surface area contributed by atoms with Crippen molar-refractivity contribution < 1.29 is 20.1 Å². The Kier molecular flexibility index (Phi) is 4.43. The van der Waals surface area contributed by atoms with Crippen LogP contribution >= 0.6 is 0 Å². The van der Waals surface area contributed by atoms with Gasteiger partial charge in [-0.05, 0) is 18.8 Å². The van der Waals surface area contributed by atoms with Crippen molar-refractivity contribution in [2.45, 2.75) is 44.3 Å². The van der Waals surface area contributed by atoms with Crippen molar-refractivity contribution in [1.29, 1.82) is 0 Å². The van der Waals surface area contributed by atoms with E-state index in [9.17, 15) is 15.3 Å². The van der Waals surface area contributed by atoms with E-state index in [1.165, 1.54) is 6.33 Å². The maximum absolute atomic E-state index is 10.5. The molecule has 2 fully saturated rings. The fourth-order valence-electron chi connectivity index (χ4n) is 3.67. The highest BCUT2D eigenvalue weighted by atomic mass is 16.6. The van der Waals surface area contributed by atoms with E-state index in [0.29, 0.717) is 23.0 Å². The smallest absolute Gasteiger partial charge is 0.210 e. The number of imidazole rings is 1. The molecule has 10 heteroatoms. The Labute approximate surface area is 150 Å². The molecular formula is C16H24N6O4. The van der Waals surface area contributed by atoms with Gasteiger partial charge in [0, 0.05) is 13.1 Å². The second-order valence-electron chi connectivity index (χ2n) is 7.11. The zero-order valence-corrected chi connectivity index (χ0v) is 14.6. The van der Waals surface area contributed by atoms with E-state index in [2.05, 4.69) is 26.8 Å². The number of piperidine rings is 1. The first-order valence-electron chi connectivity index (χ1n) is 8.87. The highest BCUT2D eigenvalue weighted by Crippen LogP contribution is 2.37. The first kappa shape index (κ1) is 17.4. The lowest BCUT2D eigenvalue weighted by Gasteiger charge is -2.32. The molecule has 5 N–H and O–H groups in total. The third-order valence-corrected chi connectivity index (χ3v) is 5.32. The van der Waals surface area contributed by atoms with E-state index in [1.54, 1.807) is 4.57 Å². The molecular weight excluding hydrogens is 340 g/mol. The Bertz CT molecular complexity index is 790. The van der Waals surface area contributed by atoms with Crippen molar-refractivity contribution in [2.75, 3.05) is 30.3 Å². The van der Waals surface area contributed by atoms with Crippen LogP contribution in [-0.2, 0) is 4.74 Å². The van der Waals surface area contributed by atoms with Crippen molar-refractivity contribution in [2.24, 2.45) is 5.92 Å². The Morgan fingerprint density at radius 3 is 2.62 bits per heavy atom. The summed E-state index contributed by atoms with van der Waals surface area (Å²) < 4.78 is 7.38. The Morgan fingerprint density at radius 2 is 1.96 bits per heavy atom. The average molecular weight is 364 g/mol. The molecule has 2 aromatic rings. The van der Waals surface area contributed by atoms with Gasteiger partial charge in [-0.15, -0.1) is 0 Å². The lowest BCUT2D eigenvalue weighted by Crippen LogP contribution is -2.37. The van der Waals surface area contributed by atoms with Gasteiger partial charge in [-0.3, -0.25) is 4.57 Å². The Hall–Kier alpha value is -2.01. The summed E-state index contributed by atoms with van der Waals surface area (Å²) >= 11 is 0. The zero-order valence-electron chi connectivity index (χ0n) is 14.6. The standard InChI is InChI=1S/C16H24N6O4/c1-8-2-4-21(5-3-8)16-20-10-13(17)18-7-19-14(10)22(16)15-12(25)11(24)9(6-23)26-15/h7-9,11-12,15,23-25H,2-6H2,1H3,(H2,17,18,19)/t9-,11-,12-,15-/m1/s1. The fourth-order valence-corrected chi connectivity index (χ4v) is 3.67. The largest absolute Gasteiger partial charge is 0.394 e. The Balaban J connectivity index is 1.81. The van der Waals surface area contributed by atoms with Crippen molar-refractivity contribution in [1.82, 2.24) is 19.5 Å². The number of aliphatic hydroxyl groups is 3. The van der Waals surface area contributed by atoms with Gasteiger partial charge in [0.1, 0.15) is 24.6 Å². The molecule has 2 aliphatic rings. The first-order valence-corrected chi connectivity index (χ1v) is 8.87. The summed E-state index contributed by atoms with van der Waals surface area (Å²) in [6, 6.07) is 0. The molecule has 0 aliphatic carbocycles. The molecule has 4 heterocycles. The highest BCUT2D eigenvalue weighted by molar-refractivity contribution is 5.84. The molecule has 0 aromatic carbocycles. The van der Waals surface area contributed by atoms with Gasteiger partial charge in [0.2, 0.25) is 5.95 Å². The van der Waals surface area contributed by atoms with Crippen molar-refractivity contribution in [3.05, 3.63) is 6.33 Å². The first-order chi connectivity index (χ1) is 12.5. The van der Waals surface area contributed by atoms with Crippen LogP contribution in [-0.4, -0.2) is 72.8 Å². The second-order valence-corrected chi connectivity index (χ2v) is 7.11. The third-order valence-electron chi connectivity index (χ3n) is 5.32. The lowest BCUT2D eigenvalue weighted by molar-refractivity contribution is -0.0505. The van der Waals surface area contributed by atoms with Crippen LogP contribution in [0.15, 0.2) is 6.33 Å². The maximum atomic E-state index is 10.5. The molecule has 0 unspecified atom stereocenters. The van der Waals surface area contributed by atoms with Crippen LogP contribution in [0.2, 0.25) is 0 Å². The molecule has 4 atom stereocenters. The van der Waals surface area contributed by atoms with Gasteiger partial charge >= 0.3 is 0 Å². The molecule has 0 amide bonds. The molecule has 2 saturated heterocycles. The summed E-state index contributed by atoms with van der Waals surface area (Å²) in [5.41, 5.74) is 6.83. The van der Waals surface area contributed by atoms with E-state index < -0.39 is 31.1 Å². The summed E-state index contributed by atoms with van der Waals surface area (Å²) in [6.07, 6.45) is -0.824. The summed E-state index contributed by atoms with van der Waals surface area (Å²) in [4.78, 5) is 15.0. The number of hydrogen-bond donors (Lipinski definition) is 4. The number of anilines is 2.